The molecule has 0 heterocycles. The predicted octanol–water partition coefficient (Wildman–Crippen LogP) is 3.13. The van der Waals surface area contributed by atoms with Crippen LogP contribution >= 0.6 is 0 Å². The van der Waals surface area contributed by atoms with E-state index in [1.54, 1.807) is 24.3 Å². The van der Waals surface area contributed by atoms with Gasteiger partial charge < -0.3 is 14.7 Å². The summed E-state index contributed by atoms with van der Waals surface area (Å²) in [4.78, 5) is 13.3. The van der Waals surface area contributed by atoms with E-state index < -0.39 is 5.97 Å². The largest absolute Gasteiger partial charge is 0.494 e. The second kappa shape index (κ2) is 8.59. The molecular formula is C16H25NO3. The smallest absolute Gasteiger partial charge is 0.335 e. The molecule has 0 aromatic heterocycles. The van der Waals surface area contributed by atoms with Crippen molar-refractivity contribution >= 4 is 5.97 Å². The van der Waals surface area contributed by atoms with Crippen molar-refractivity contribution in [2.45, 2.75) is 27.2 Å². The summed E-state index contributed by atoms with van der Waals surface area (Å²) < 4.78 is 5.61. The molecule has 1 N–H and O–H groups in total. The fourth-order valence-corrected chi connectivity index (χ4v) is 2.09. The maximum atomic E-state index is 10.9. The van der Waals surface area contributed by atoms with E-state index in [0.29, 0.717) is 18.3 Å². The van der Waals surface area contributed by atoms with Crippen molar-refractivity contribution in [3.63, 3.8) is 0 Å². The predicted molar refractivity (Wildman–Crippen MR) is 80.5 cm³/mol. The summed E-state index contributed by atoms with van der Waals surface area (Å²) in [6.45, 7) is 10.4. The number of carbonyl (C=O) groups is 1. The van der Waals surface area contributed by atoms with Crippen molar-refractivity contribution in [3.05, 3.63) is 29.8 Å². The third-order valence-electron chi connectivity index (χ3n) is 3.04. The molecule has 1 rings (SSSR count). The minimum atomic E-state index is -0.926. The molecule has 4 heteroatoms. The van der Waals surface area contributed by atoms with Gasteiger partial charge in [-0.3, -0.25) is 0 Å². The molecule has 0 atom stereocenters. The number of carboxylic acids is 1. The Morgan fingerprint density at radius 1 is 1.40 bits per heavy atom. The van der Waals surface area contributed by atoms with Gasteiger partial charge in [-0.15, -0.1) is 0 Å². The summed E-state index contributed by atoms with van der Waals surface area (Å²) in [6, 6.07) is 6.62. The molecule has 1 aromatic rings. The standard InChI is InChI=1S/C16H25NO3/c1-4-17(12-13(2)3)9-6-10-20-15-8-5-7-14(11-15)16(18)19/h5,7-8,11,13H,4,6,9-10,12H2,1-3H3,(H,18,19). The SMILES string of the molecule is CCN(CCCOc1cccc(C(=O)O)c1)CC(C)C. The van der Waals surface area contributed by atoms with E-state index in [1.165, 1.54) is 0 Å². The van der Waals surface area contributed by atoms with Gasteiger partial charge in [-0.25, -0.2) is 4.79 Å². The van der Waals surface area contributed by atoms with Gasteiger partial charge in [0.25, 0.3) is 0 Å². The summed E-state index contributed by atoms with van der Waals surface area (Å²) >= 11 is 0. The van der Waals surface area contributed by atoms with E-state index in [9.17, 15) is 4.79 Å². The van der Waals surface area contributed by atoms with Gasteiger partial charge in [-0.2, -0.15) is 0 Å². The third-order valence-corrected chi connectivity index (χ3v) is 3.04. The fourth-order valence-electron chi connectivity index (χ4n) is 2.09. The van der Waals surface area contributed by atoms with E-state index in [0.717, 1.165) is 26.1 Å². The van der Waals surface area contributed by atoms with Crippen molar-refractivity contribution in [1.29, 1.82) is 0 Å². The van der Waals surface area contributed by atoms with Crippen LogP contribution in [0, 0.1) is 5.92 Å². The maximum absolute atomic E-state index is 10.9. The highest BCUT2D eigenvalue weighted by Crippen LogP contribution is 2.13. The zero-order chi connectivity index (χ0) is 15.0. The summed E-state index contributed by atoms with van der Waals surface area (Å²) in [5.74, 6) is 0.365. The highest BCUT2D eigenvalue weighted by Gasteiger charge is 2.06. The zero-order valence-electron chi connectivity index (χ0n) is 12.6. The molecule has 1 aromatic carbocycles. The monoisotopic (exact) mass is 279 g/mol. The van der Waals surface area contributed by atoms with Gasteiger partial charge in [0.2, 0.25) is 0 Å². The molecule has 4 nitrogen and oxygen atoms in total. The Labute approximate surface area is 121 Å². The van der Waals surface area contributed by atoms with Gasteiger partial charge in [0.1, 0.15) is 5.75 Å². The van der Waals surface area contributed by atoms with Gasteiger partial charge >= 0.3 is 5.97 Å². The molecule has 0 unspecified atom stereocenters. The van der Waals surface area contributed by atoms with Crippen molar-refractivity contribution in [2.24, 2.45) is 5.92 Å². The van der Waals surface area contributed by atoms with Crippen molar-refractivity contribution in [2.75, 3.05) is 26.2 Å². The number of benzene rings is 1. The van der Waals surface area contributed by atoms with E-state index in [-0.39, 0.29) is 5.56 Å². The third kappa shape index (κ3) is 6.06. The van der Waals surface area contributed by atoms with Gasteiger partial charge in [-0.1, -0.05) is 26.8 Å². The van der Waals surface area contributed by atoms with Crippen LogP contribution in [-0.2, 0) is 0 Å². The Morgan fingerprint density at radius 2 is 2.15 bits per heavy atom. The van der Waals surface area contributed by atoms with E-state index in [4.69, 9.17) is 9.84 Å². The number of rotatable bonds is 9. The molecule has 112 valence electrons. The van der Waals surface area contributed by atoms with Gasteiger partial charge in [0.15, 0.2) is 0 Å². The summed E-state index contributed by atoms with van der Waals surface area (Å²) in [7, 11) is 0. The Kier molecular flexibility index (Phi) is 7.09. The molecule has 0 saturated heterocycles. The quantitative estimate of drug-likeness (QED) is 0.706. The Morgan fingerprint density at radius 3 is 2.75 bits per heavy atom. The lowest BCUT2D eigenvalue weighted by Crippen LogP contribution is -2.29. The first-order chi connectivity index (χ1) is 9.52. The van der Waals surface area contributed by atoms with Crippen LogP contribution in [-0.4, -0.2) is 42.2 Å². The van der Waals surface area contributed by atoms with Crippen LogP contribution in [0.1, 0.15) is 37.6 Å². The Hall–Kier alpha value is -1.55. The second-order valence-corrected chi connectivity index (χ2v) is 5.32. The maximum Gasteiger partial charge on any atom is 0.335 e. The lowest BCUT2D eigenvalue weighted by atomic mass is 10.2. The number of aromatic carboxylic acids is 1. The average molecular weight is 279 g/mol. The number of nitrogens with zero attached hydrogens (tertiary/aromatic N) is 1. The Balaban J connectivity index is 2.33. The van der Waals surface area contributed by atoms with Crippen LogP contribution in [0.3, 0.4) is 0 Å². The summed E-state index contributed by atoms with van der Waals surface area (Å²) in [5.41, 5.74) is 0.262. The molecule has 0 aliphatic rings. The number of hydrogen-bond donors (Lipinski definition) is 1. The van der Waals surface area contributed by atoms with Crippen LogP contribution < -0.4 is 4.74 Å². The first kappa shape index (κ1) is 16.5. The van der Waals surface area contributed by atoms with Crippen molar-refractivity contribution in [3.8, 4) is 5.75 Å². The van der Waals surface area contributed by atoms with Gasteiger partial charge in [-0.05, 0) is 37.1 Å². The summed E-state index contributed by atoms with van der Waals surface area (Å²) in [6.07, 6.45) is 0.942. The molecule has 0 amide bonds. The van der Waals surface area contributed by atoms with Crippen LogP contribution in [0.25, 0.3) is 0 Å². The topological polar surface area (TPSA) is 49.8 Å². The molecule has 0 aliphatic heterocycles. The lowest BCUT2D eigenvalue weighted by Gasteiger charge is -2.22. The first-order valence-corrected chi connectivity index (χ1v) is 7.21. The number of hydrogen-bond acceptors (Lipinski definition) is 3. The zero-order valence-corrected chi connectivity index (χ0v) is 12.6. The van der Waals surface area contributed by atoms with E-state index >= 15 is 0 Å². The lowest BCUT2D eigenvalue weighted by molar-refractivity contribution is 0.0696. The van der Waals surface area contributed by atoms with E-state index in [2.05, 4.69) is 25.7 Å². The molecule has 0 fully saturated rings. The van der Waals surface area contributed by atoms with E-state index in [1.807, 2.05) is 0 Å². The van der Waals surface area contributed by atoms with Crippen LogP contribution in [0.5, 0.6) is 5.75 Å². The van der Waals surface area contributed by atoms with Gasteiger partial charge in [0.05, 0.1) is 12.2 Å². The van der Waals surface area contributed by atoms with Gasteiger partial charge in [0, 0.05) is 13.1 Å². The fraction of sp³-hybridized carbons (Fsp3) is 0.562. The highest BCUT2D eigenvalue weighted by molar-refractivity contribution is 5.87. The minimum Gasteiger partial charge on any atom is -0.494 e. The Bertz CT molecular complexity index is 418. The molecule has 0 radical (unpaired) electrons. The molecule has 0 spiro atoms. The van der Waals surface area contributed by atoms with Crippen molar-refractivity contribution < 1.29 is 14.6 Å². The number of carboxylic acid groups (broad SMARTS) is 1. The highest BCUT2D eigenvalue weighted by atomic mass is 16.5. The van der Waals surface area contributed by atoms with Crippen LogP contribution in [0.4, 0.5) is 0 Å². The van der Waals surface area contributed by atoms with Crippen LogP contribution in [0.2, 0.25) is 0 Å². The van der Waals surface area contributed by atoms with Crippen molar-refractivity contribution in [1.82, 2.24) is 4.90 Å². The average Bonchev–Trinajstić information content (AvgIpc) is 2.42. The molecule has 0 aliphatic carbocycles. The second-order valence-electron chi connectivity index (χ2n) is 5.32. The number of ether oxygens (including phenoxy) is 1. The summed E-state index contributed by atoms with van der Waals surface area (Å²) in [5, 5.41) is 8.91. The normalized spacial score (nSPS) is 11.1. The molecule has 0 bridgehead atoms. The first-order valence-electron chi connectivity index (χ1n) is 7.21. The molecular weight excluding hydrogens is 254 g/mol. The molecule has 0 saturated carbocycles. The molecule has 20 heavy (non-hydrogen) atoms. The van der Waals surface area contributed by atoms with Crippen LogP contribution in [0.15, 0.2) is 24.3 Å². The minimum absolute atomic E-state index is 0.262.